The molecule has 2 heterocycles. The van der Waals surface area contributed by atoms with Crippen LogP contribution < -0.4 is 20.5 Å². The molecule has 1 amide bonds. The minimum atomic E-state index is -0.450. The van der Waals surface area contributed by atoms with Gasteiger partial charge < -0.3 is 14.8 Å². The van der Waals surface area contributed by atoms with Gasteiger partial charge in [0.1, 0.15) is 6.54 Å². The first-order chi connectivity index (χ1) is 15.4. The van der Waals surface area contributed by atoms with Gasteiger partial charge >= 0.3 is 5.69 Å². The van der Waals surface area contributed by atoms with Crippen molar-refractivity contribution in [1.82, 2.24) is 19.2 Å². The summed E-state index contributed by atoms with van der Waals surface area (Å²) in [6, 6.07) is 10.9. The van der Waals surface area contributed by atoms with E-state index in [-0.39, 0.29) is 12.5 Å². The lowest BCUT2D eigenvalue weighted by Gasteiger charge is -2.14. The summed E-state index contributed by atoms with van der Waals surface area (Å²) < 4.78 is 13.5. The zero-order valence-electron chi connectivity index (χ0n) is 18.5. The second-order valence-corrected chi connectivity index (χ2v) is 7.52. The van der Waals surface area contributed by atoms with Crippen LogP contribution in [0.15, 0.2) is 41.2 Å². The fourth-order valence-electron chi connectivity index (χ4n) is 3.70. The van der Waals surface area contributed by atoms with Gasteiger partial charge in [-0.1, -0.05) is 19.1 Å². The van der Waals surface area contributed by atoms with Gasteiger partial charge in [0.15, 0.2) is 23.0 Å². The fourth-order valence-corrected chi connectivity index (χ4v) is 3.70. The Morgan fingerprint density at radius 3 is 2.56 bits per heavy atom. The molecule has 0 saturated heterocycles. The van der Waals surface area contributed by atoms with Crippen molar-refractivity contribution in [3.8, 4) is 11.5 Å². The number of carbonyl (C=O) groups is 1. The first-order valence-corrected chi connectivity index (χ1v) is 10.4. The summed E-state index contributed by atoms with van der Waals surface area (Å²) in [4.78, 5) is 30.7. The number of nitrogens with one attached hydrogen (secondary N) is 1. The van der Waals surface area contributed by atoms with Gasteiger partial charge in [-0.05, 0) is 37.1 Å². The third-order valence-electron chi connectivity index (χ3n) is 5.17. The highest BCUT2D eigenvalue weighted by Gasteiger charge is 2.19. The number of anilines is 1. The molecule has 9 heteroatoms. The van der Waals surface area contributed by atoms with Gasteiger partial charge in [0.2, 0.25) is 5.91 Å². The van der Waals surface area contributed by atoms with Crippen LogP contribution in [-0.2, 0) is 17.8 Å². The Morgan fingerprint density at radius 2 is 1.88 bits per heavy atom. The molecule has 4 aromatic rings. The normalized spacial score (nSPS) is 11.1. The number of fused-ring (bicyclic) bond motifs is 3. The van der Waals surface area contributed by atoms with Crippen molar-refractivity contribution in [2.75, 3.05) is 19.5 Å². The number of hydrogen-bond donors (Lipinski definition) is 1. The SMILES string of the molecule is CCCc1nc2c3cc(OC)c(OC)cc3n(CC(=O)Nc3cccc(C)c3)c(=O)n2n1. The third kappa shape index (κ3) is 3.89. The van der Waals surface area contributed by atoms with E-state index in [0.717, 1.165) is 12.0 Å². The number of benzene rings is 2. The second-order valence-electron chi connectivity index (χ2n) is 7.52. The van der Waals surface area contributed by atoms with Crippen LogP contribution in [0.25, 0.3) is 16.6 Å². The topological polar surface area (TPSA) is 99.7 Å². The lowest BCUT2D eigenvalue weighted by Crippen LogP contribution is -2.32. The molecular formula is C23H25N5O4. The maximum absolute atomic E-state index is 13.3. The van der Waals surface area contributed by atoms with Crippen LogP contribution in [0.3, 0.4) is 0 Å². The second kappa shape index (κ2) is 8.70. The number of hydrogen-bond acceptors (Lipinski definition) is 6. The van der Waals surface area contributed by atoms with Crippen LogP contribution in [-0.4, -0.2) is 39.3 Å². The van der Waals surface area contributed by atoms with Crippen LogP contribution >= 0.6 is 0 Å². The number of amides is 1. The predicted octanol–water partition coefficient (Wildman–Crippen LogP) is 2.96. The third-order valence-corrected chi connectivity index (χ3v) is 5.17. The Labute approximate surface area is 184 Å². The molecule has 2 aromatic carbocycles. The molecule has 166 valence electrons. The highest BCUT2D eigenvalue weighted by molar-refractivity contribution is 5.96. The molecule has 2 aromatic heterocycles. The smallest absolute Gasteiger partial charge is 0.351 e. The quantitative estimate of drug-likeness (QED) is 0.479. The average Bonchev–Trinajstić information content (AvgIpc) is 3.20. The Hall–Kier alpha value is -3.88. The van der Waals surface area contributed by atoms with E-state index in [4.69, 9.17) is 9.47 Å². The molecule has 1 N–H and O–H groups in total. The van der Waals surface area contributed by atoms with E-state index in [1.54, 1.807) is 25.3 Å². The molecule has 0 atom stereocenters. The maximum Gasteiger partial charge on any atom is 0.351 e. The number of aryl methyl sites for hydroxylation is 2. The summed E-state index contributed by atoms with van der Waals surface area (Å²) in [5.74, 6) is 1.19. The van der Waals surface area contributed by atoms with Crippen LogP contribution in [0.5, 0.6) is 11.5 Å². The minimum absolute atomic E-state index is 0.197. The summed E-state index contributed by atoms with van der Waals surface area (Å²) >= 11 is 0. The van der Waals surface area contributed by atoms with E-state index < -0.39 is 5.69 Å². The summed E-state index contributed by atoms with van der Waals surface area (Å²) in [5.41, 5.74) is 2.17. The fraction of sp³-hybridized carbons (Fsp3) is 0.304. The van der Waals surface area contributed by atoms with Gasteiger partial charge in [-0.2, -0.15) is 4.52 Å². The molecule has 0 radical (unpaired) electrons. The lowest BCUT2D eigenvalue weighted by atomic mass is 10.2. The number of ether oxygens (including phenoxy) is 2. The van der Waals surface area contributed by atoms with Crippen molar-refractivity contribution in [3.63, 3.8) is 0 Å². The summed E-state index contributed by atoms with van der Waals surface area (Å²) in [6.07, 6.45) is 1.49. The van der Waals surface area contributed by atoms with Crippen molar-refractivity contribution >= 4 is 28.1 Å². The first-order valence-electron chi connectivity index (χ1n) is 10.4. The number of nitrogens with zero attached hydrogens (tertiary/aromatic N) is 4. The van der Waals surface area contributed by atoms with E-state index in [1.165, 1.54) is 16.2 Å². The van der Waals surface area contributed by atoms with Crippen molar-refractivity contribution in [1.29, 1.82) is 0 Å². The molecule has 0 aliphatic heterocycles. The van der Waals surface area contributed by atoms with Gasteiger partial charge in [0, 0.05) is 23.6 Å². The molecule has 9 nitrogen and oxygen atoms in total. The van der Waals surface area contributed by atoms with E-state index >= 15 is 0 Å². The summed E-state index contributed by atoms with van der Waals surface area (Å²) in [7, 11) is 3.06. The number of methoxy groups -OCH3 is 2. The monoisotopic (exact) mass is 435 g/mol. The Balaban J connectivity index is 1.88. The highest BCUT2D eigenvalue weighted by atomic mass is 16.5. The van der Waals surface area contributed by atoms with Crippen LogP contribution in [0.2, 0.25) is 0 Å². The van der Waals surface area contributed by atoms with E-state index in [9.17, 15) is 9.59 Å². The van der Waals surface area contributed by atoms with Gasteiger partial charge in [-0.15, -0.1) is 5.10 Å². The Bertz CT molecular complexity index is 1370. The average molecular weight is 435 g/mol. The molecule has 4 rings (SSSR count). The number of carbonyl (C=O) groups excluding carboxylic acids is 1. The minimum Gasteiger partial charge on any atom is -0.493 e. The van der Waals surface area contributed by atoms with E-state index in [1.807, 2.05) is 32.0 Å². The number of aromatic nitrogens is 4. The van der Waals surface area contributed by atoms with Crippen molar-refractivity contribution < 1.29 is 14.3 Å². The van der Waals surface area contributed by atoms with E-state index in [2.05, 4.69) is 15.4 Å². The largest absolute Gasteiger partial charge is 0.493 e. The summed E-state index contributed by atoms with van der Waals surface area (Å²) in [5, 5.41) is 7.87. The molecule has 0 bridgehead atoms. The van der Waals surface area contributed by atoms with Gasteiger partial charge in [-0.3, -0.25) is 9.36 Å². The zero-order valence-corrected chi connectivity index (χ0v) is 18.5. The Morgan fingerprint density at radius 1 is 1.12 bits per heavy atom. The zero-order chi connectivity index (χ0) is 22.8. The predicted molar refractivity (Wildman–Crippen MR) is 122 cm³/mol. The van der Waals surface area contributed by atoms with Crippen LogP contribution in [0.1, 0.15) is 24.7 Å². The molecule has 0 aliphatic rings. The van der Waals surface area contributed by atoms with Crippen LogP contribution in [0, 0.1) is 6.92 Å². The molecular weight excluding hydrogens is 410 g/mol. The van der Waals surface area contributed by atoms with E-state index in [0.29, 0.717) is 46.0 Å². The highest BCUT2D eigenvalue weighted by Crippen LogP contribution is 2.33. The molecule has 0 fully saturated rings. The van der Waals surface area contributed by atoms with Gasteiger partial charge in [0.05, 0.1) is 19.7 Å². The van der Waals surface area contributed by atoms with Crippen LogP contribution in [0.4, 0.5) is 5.69 Å². The maximum atomic E-state index is 13.3. The molecule has 0 saturated carbocycles. The molecule has 32 heavy (non-hydrogen) atoms. The first kappa shape index (κ1) is 21.4. The Kier molecular flexibility index (Phi) is 5.81. The lowest BCUT2D eigenvalue weighted by molar-refractivity contribution is -0.116. The standard InChI is InChI=1S/C23H25N5O4/c1-5-7-20-25-22-16-11-18(31-3)19(32-4)12-17(16)27(23(30)28(22)26-20)13-21(29)24-15-9-6-8-14(2)10-15/h6,8-12H,5,7,13H2,1-4H3,(H,24,29). The van der Waals surface area contributed by atoms with Crippen molar-refractivity contribution in [2.24, 2.45) is 0 Å². The molecule has 0 unspecified atom stereocenters. The molecule has 0 aliphatic carbocycles. The van der Waals surface area contributed by atoms with Gasteiger partial charge in [0.25, 0.3) is 0 Å². The number of rotatable bonds is 7. The summed E-state index contributed by atoms with van der Waals surface area (Å²) in [6.45, 7) is 3.77. The molecule has 0 spiro atoms. The van der Waals surface area contributed by atoms with Crippen molar-refractivity contribution in [2.45, 2.75) is 33.2 Å². The van der Waals surface area contributed by atoms with Crippen molar-refractivity contribution in [3.05, 3.63) is 58.3 Å². The van der Waals surface area contributed by atoms with Gasteiger partial charge in [-0.25, -0.2) is 9.78 Å².